The topological polar surface area (TPSA) is 55.6 Å². The van der Waals surface area contributed by atoms with E-state index in [0.717, 1.165) is 36.5 Å². The first-order valence-corrected chi connectivity index (χ1v) is 6.75. The molecule has 0 bridgehead atoms. The van der Waals surface area contributed by atoms with Crippen molar-refractivity contribution in [3.8, 4) is 5.95 Å². The lowest BCUT2D eigenvalue weighted by Crippen LogP contribution is -2.16. The van der Waals surface area contributed by atoms with E-state index in [4.69, 9.17) is 11.6 Å². The number of hydrogen-bond acceptors (Lipinski definition) is 4. The minimum absolute atomic E-state index is 0.548. The molecule has 1 N–H and O–H groups in total. The van der Waals surface area contributed by atoms with Gasteiger partial charge in [-0.25, -0.2) is 14.6 Å². The third kappa shape index (κ3) is 3.30. The minimum Gasteiger partial charge on any atom is -0.313 e. The molecule has 0 aliphatic rings. The average molecular weight is 280 g/mol. The molecular formula is C13H18ClN5. The highest BCUT2D eigenvalue weighted by Crippen LogP contribution is 2.15. The molecule has 19 heavy (non-hydrogen) atoms. The molecule has 0 amide bonds. The molecule has 0 radical (unpaired) electrons. The molecule has 0 unspecified atom stereocenters. The maximum atomic E-state index is 5.99. The van der Waals surface area contributed by atoms with Gasteiger partial charge in [0.25, 0.3) is 5.95 Å². The lowest BCUT2D eigenvalue weighted by atomic mass is 10.2. The van der Waals surface area contributed by atoms with Crippen LogP contribution in [0.25, 0.3) is 5.95 Å². The number of hydrogen-bond donors (Lipinski definition) is 1. The molecule has 0 aliphatic carbocycles. The van der Waals surface area contributed by atoms with Crippen molar-refractivity contribution >= 4 is 11.6 Å². The number of aromatic nitrogens is 4. The third-order valence-electron chi connectivity index (χ3n) is 2.85. The van der Waals surface area contributed by atoms with Crippen molar-refractivity contribution in [2.24, 2.45) is 0 Å². The van der Waals surface area contributed by atoms with Crippen molar-refractivity contribution in [3.05, 3.63) is 34.4 Å². The Balaban J connectivity index is 2.18. The first kappa shape index (κ1) is 14.0. The molecule has 2 heterocycles. The standard InChI is InChI=1S/C13H18ClN5/c1-4-5-15-6-11-7-16-13(17-9(11)2)19-8-12(14)10(3)18-19/h7-8,15H,4-6H2,1-3H3. The number of halogens is 1. The molecule has 0 saturated heterocycles. The molecule has 0 fully saturated rings. The van der Waals surface area contributed by atoms with E-state index >= 15 is 0 Å². The fraction of sp³-hybridized carbons (Fsp3) is 0.462. The Morgan fingerprint density at radius 3 is 2.68 bits per heavy atom. The first-order chi connectivity index (χ1) is 9.11. The zero-order valence-electron chi connectivity index (χ0n) is 11.4. The normalized spacial score (nSPS) is 10.9. The minimum atomic E-state index is 0.548. The van der Waals surface area contributed by atoms with Crippen LogP contribution < -0.4 is 5.32 Å². The Labute approximate surface area is 118 Å². The van der Waals surface area contributed by atoms with Gasteiger partial charge in [0, 0.05) is 24.0 Å². The molecule has 5 nitrogen and oxygen atoms in total. The van der Waals surface area contributed by atoms with Crippen LogP contribution in [-0.2, 0) is 6.54 Å². The largest absolute Gasteiger partial charge is 0.313 e. The maximum Gasteiger partial charge on any atom is 0.250 e. The Morgan fingerprint density at radius 1 is 1.32 bits per heavy atom. The maximum absolute atomic E-state index is 5.99. The van der Waals surface area contributed by atoms with E-state index in [9.17, 15) is 0 Å². The second-order valence-electron chi connectivity index (χ2n) is 4.46. The van der Waals surface area contributed by atoms with Crippen molar-refractivity contribution in [1.82, 2.24) is 25.1 Å². The molecule has 2 rings (SSSR count). The highest BCUT2D eigenvalue weighted by molar-refractivity contribution is 6.31. The van der Waals surface area contributed by atoms with E-state index in [1.165, 1.54) is 0 Å². The van der Waals surface area contributed by atoms with E-state index in [1.807, 2.05) is 20.0 Å². The molecule has 0 aliphatic heterocycles. The van der Waals surface area contributed by atoms with Gasteiger partial charge in [-0.15, -0.1) is 0 Å². The smallest absolute Gasteiger partial charge is 0.250 e. The molecule has 6 heteroatoms. The van der Waals surface area contributed by atoms with Crippen LogP contribution in [0.1, 0.15) is 30.3 Å². The van der Waals surface area contributed by atoms with Gasteiger partial charge in [-0.05, 0) is 26.8 Å². The van der Waals surface area contributed by atoms with Crippen LogP contribution in [0.5, 0.6) is 0 Å². The predicted molar refractivity (Wildman–Crippen MR) is 75.6 cm³/mol. The zero-order valence-corrected chi connectivity index (χ0v) is 12.2. The molecule has 0 aromatic carbocycles. The van der Waals surface area contributed by atoms with Crippen LogP contribution in [0.3, 0.4) is 0 Å². The summed E-state index contributed by atoms with van der Waals surface area (Å²) in [6.07, 6.45) is 4.68. The van der Waals surface area contributed by atoms with Crippen LogP contribution in [0, 0.1) is 13.8 Å². The highest BCUT2D eigenvalue weighted by atomic mass is 35.5. The van der Waals surface area contributed by atoms with Crippen molar-refractivity contribution in [1.29, 1.82) is 0 Å². The zero-order chi connectivity index (χ0) is 13.8. The van der Waals surface area contributed by atoms with Crippen LogP contribution in [0.15, 0.2) is 12.4 Å². The highest BCUT2D eigenvalue weighted by Gasteiger charge is 2.08. The van der Waals surface area contributed by atoms with Crippen molar-refractivity contribution in [2.45, 2.75) is 33.7 Å². The number of aryl methyl sites for hydroxylation is 2. The second kappa shape index (κ2) is 6.12. The lowest BCUT2D eigenvalue weighted by molar-refractivity contribution is 0.665. The van der Waals surface area contributed by atoms with Crippen LogP contribution >= 0.6 is 11.6 Å². The van der Waals surface area contributed by atoms with Crippen molar-refractivity contribution in [3.63, 3.8) is 0 Å². The van der Waals surface area contributed by atoms with E-state index < -0.39 is 0 Å². The van der Waals surface area contributed by atoms with Gasteiger partial charge in [-0.2, -0.15) is 5.10 Å². The van der Waals surface area contributed by atoms with Crippen LogP contribution in [0.4, 0.5) is 0 Å². The van der Waals surface area contributed by atoms with E-state index in [2.05, 4.69) is 27.3 Å². The SMILES string of the molecule is CCCNCc1cnc(-n2cc(Cl)c(C)n2)nc1C. The summed E-state index contributed by atoms with van der Waals surface area (Å²) in [7, 11) is 0. The molecule has 0 atom stereocenters. The van der Waals surface area contributed by atoms with Gasteiger partial charge < -0.3 is 5.32 Å². The summed E-state index contributed by atoms with van der Waals surface area (Å²) in [6, 6.07) is 0. The second-order valence-corrected chi connectivity index (χ2v) is 4.87. The molecule has 2 aromatic heterocycles. The van der Waals surface area contributed by atoms with Gasteiger partial charge >= 0.3 is 0 Å². The average Bonchev–Trinajstić information content (AvgIpc) is 2.72. The van der Waals surface area contributed by atoms with E-state index in [1.54, 1.807) is 10.9 Å². The number of nitrogens with one attached hydrogen (secondary N) is 1. The third-order valence-corrected chi connectivity index (χ3v) is 3.23. The monoisotopic (exact) mass is 279 g/mol. The summed E-state index contributed by atoms with van der Waals surface area (Å²) >= 11 is 5.99. The molecular weight excluding hydrogens is 262 g/mol. The van der Waals surface area contributed by atoms with Crippen molar-refractivity contribution < 1.29 is 0 Å². The van der Waals surface area contributed by atoms with E-state index in [-0.39, 0.29) is 0 Å². The quantitative estimate of drug-likeness (QED) is 0.854. The van der Waals surface area contributed by atoms with Crippen LogP contribution in [-0.4, -0.2) is 26.3 Å². The Morgan fingerprint density at radius 2 is 2.11 bits per heavy atom. The summed E-state index contributed by atoms with van der Waals surface area (Å²) < 4.78 is 1.61. The summed E-state index contributed by atoms with van der Waals surface area (Å²) in [5.74, 6) is 0.548. The van der Waals surface area contributed by atoms with Gasteiger partial charge in [0.2, 0.25) is 0 Å². The summed E-state index contributed by atoms with van der Waals surface area (Å²) in [6.45, 7) is 7.76. The van der Waals surface area contributed by atoms with Crippen molar-refractivity contribution in [2.75, 3.05) is 6.54 Å². The van der Waals surface area contributed by atoms with Gasteiger partial charge in [0.1, 0.15) is 0 Å². The molecule has 2 aromatic rings. The summed E-state index contributed by atoms with van der Waals surface area (Å²) in [4.78, 5) is 8.80. The molecule has 0 spiro atoms. The van der Waals surface area contributed by atoms with Gasteiger partial charge in [-0.1, -0.05) is 18.5 Å². The number of nitrogens with zero attached hydrogens (tertiary/aromatic N) is 4. The Bertz CT molecular complexity index is 545. The summed E-state index contributed by atoms with van der Waals surface area (Å²) in [5, 5.41) is 8.23. The fourth-order valence-electron chi connectivity index (χ4n) is 1.70. The number of rotatable bonds is 5. The van der Waals surface area contributed by atoms with Crippen LogP contribution in [0.2, 0.25) is 5.02 Å². The predicted octanol–water partition coefficient (Wildman–Crippen LogP) is 2.43. The lowest BCUT2D eigenvalue weighted by Gasteiger charge is -2.07. The Hall–Kier alpha value is -1.46. The first-order valence-electron chi connectivity index (χ1n) is 6.37. The van der Waals surface area contributed by atoms with Gasteiger partial charge in [0.05, 0.1) is 16.9 Å². The fourth-order valence-corrected chi connectivity index (χ4v) is 1.84. The summed E-state index contributed by atoms with van der Waals surface area (Å²) in [5.41, 5.74) is 2.83. The molecule has 0 saturated carbocycles. The van der Waals surface area contributed by atoms with Gasteiger partial charge in [0.15, 0.2) is 0 Å². The van der Waals surface area contributed by atoms with Gasteiger partial charge in [-0.3, -0.25) is 0 Å². The molecule has 102 valence electrons. The Kier molecular flexibility index (Phi) is 4.50. The van der Waals surface area contributed by atoms with E-state index in [0.29, 0.717) is 11.0 Å².